The number of rotatable bonds is 6. The van der Waals surface area contributed by atoms with Gasteiger partial charge in [0.15, 0.2) is 0 Å². The zero-order valence-electron chi connectivity index (χ0n) is 11.8. The first-order valence-electron chi connectivity index (χ1n) is 7.04. The van der Waals surface area contributed by atoms with Crippen LogP contribution in [0.4, 0.5) is 0 Å². The van der Waals surface area contributed by atoms with E-state index in [1.807, 2.05) is 6.92 Å². The largest absolute Gasteiger partial charge is 0.392 e. The Balaban J connectivity index is 2.18. The molecule has 19 heavy (non-hydrogen) atoms. The third-order valence-corrected chi connectivity index (χ3v) is 3.82. The normalized spacial score (nSPS) is 24.0. The van der Waals surface area contributed by atoms with Crippen molar-refractivity contribution in [3.05, 3.63) is 11.7 Å². The van der Waals surface area contributed by atoms with E-state index >= 15 is 0 Å². The van der Waals surface area contributed by atoms with Crippen LogP contribution in [0.5, 0.6) is 0 Å². The molecule has 0 bridgehead atoms. The van der Waals surface area contributed by atoms with E-state index in [4.69, 9.17) is 9.26 Å². The summed E-state index contributed by atoms with van der Waals surface area (Å²) in [7, 11) is 0. The summed E-state index contributed by atoms with van der Waals surface area (Å²) < 4.78 is 11.2. The van der Waals surface area contributed by atoms with Gasteiger partial charge in [-0.15, -0.1) is 0 Å². The van der Waals surface area contributed by atoms with Crippen molar-refractivity contribution in [3.63, 3.8) is 0 Å². The van der Waals surface area contributed by atoms with Crippen LogP contribution in [0.25, 0.3) is 0 Å². The van der Waals surface area contributed by atoms with E-state index < -0.39 is 5.60 Å². The lowest BCUT2D eigenvalue weighted by Gasteiger charge is -2.27. The maximum Gasteiger partial charge on any atom is 0.243 e. The Kier molecular flexibility index (Phi) is 4.54. The summed E-state index contributed by atoms with van der Waals surface area (Å²) in [6.45, 7) is 7.28. The van der Waals surface area contributed by atoms with Crippen molar-refractivity contribution in [1.82, 2.24) is 15.5 Å². The quantitative estimate of drug-likeness (QED) is 0.815. The maximum absolute atomic E-state index is 9.53. The number of nitrogens with one attached hydrogen (secondary N) is 1. The Labute approximate surface area is 113 Å². The molecule has 1 aromatic heterocycles. The van der Waals surface area contributed by atoms with E-state index in [0.29, 0.717) is 31.3 Å². The zero-order valence-corrected chi connectivity index (χ0v) is 11.8. The predicted molar refractivity (Wildman–Crippen MR) is 69.6 cm³/mol. The van der Waals surface area contributed by atoms with Crippen LogP contribution in [-0.4, -0.2) is 34.5 Å². The summed E-state index contributed by atoms with van der Waals surface area (Å²) in [6.07, 6.45) is 1.88. The van der Waals surface area contributed by atoms with Crippen LogP contribution in [0.2, 0.25) is 0 Å². The van der Waals surface area contributed by atoms with E-state index in [1.54, 1.807) is 0 Å². The SMILES string of the molecule is CCOC(CC)(CC)c1noc([C@H]2C[C@@H](O)CN2)n1. The van der Waals surface area contributed by atoms with Crippen LogP contribution >= 0.6 is 0 Å². The minimum atomic E-state index is -0.465. The molecule has 0 saturated carbocycles. The molecule has 0 aliphatic carbocycles. The molecule has 108 valence electrons. The molecule has 0 radical (unpaired) electrons. The molecule has 2 atom stereocenters. The van der Waals surface area contributed by atoms with E-state index in [-0.39, 0.29) is 12.1 Å². The van der Waals surface area contributed by atoms with Gasteiger partial charge in [-0.3, -0.25) is 0 Å². The number of β-amino-alcohol motifs (C(OH)–C–C–N with tert-alkyl or cyclic N) is 1. The standard InChI is InChI=1S/C13H23N3O3/c1-4-13(5-2,18-6-3)12-15-11(19-16-12)10-7-9(17)8-14-10/h9-10,14,17H,4-8H2,1-3H3/t9-,10-/m1/s1. The molecule has 2 N–H and O–H groups in total. The van der Waals surface area contributed by atoms with Gasteiger partial charge in [-0.25, -0.2) is 0 Å². The summed E-state index contributed by atoms with van der Waals surface area (Å²) in [5.74, 6) is 1.15. The number of nitrogens with zero attached hydrogens (tertiary/aromatic N) is 2. The topological polar surface area (TPSA) is 80.4 Å². The summed E-state index contributed by atoms with van der Waals surface area (Å²) in [4.78, 5) is 4.48. The van der Waals surface area contributed by atoms with Crippen molar-refractivity contribution in [1.29, 1.82) is 0 Å². The first-order valence-corrected chi connectivity index (χ1v) is 7.04. The van der Waals surface area contributed by atoms with Gasteiger partial charge in [0.05, 0.1) is 12.1 Å². The van der Waals surface area contributed by atoms with Crippen molar-refractivity contribution in [3.8, 4) is 0 Å². The lowest BCUT2D eigenvalue weighted by molar-refractivity contribution is -0.0583. The molecule has 0 spiro atoms. The highest BCUT2D eigenvalue weighted by atomic mass is 16.5. The summed E-state index contributed by atoms with van der Waals surface area (Å²) in [5, 5.41) is 16.8. The van der Waals surface area contributed by atoms with Gasteiger partial charge < -0.3 is 19.7 Å². The minimum absolute atomic E-state index is 0.0516. The highest BCUT2D eigenvalue weighted by molar-refractivity contribution is 5.04. The lowest BCUT2D eigenvalue weighted by atomic mass is 9.96. The first kappa shape index (κ1) is 14.4. The Bertz CT molecular complexity index is 404. The van der Waals surface area contributed by atoms with E-state index in [9.17, 15) is 5.11 Å². The van der Waals surface area contributed by atoms with Gasteiger partial charge in [0.1, 0.15) is 5.60 Å². The van der Waals surface area contributed by atoms with Gasteiger partial charge in [-0.2, -0.15) is 4.98 Å². The van der Waals surface area contributed by atoms with E-state index in [2.05, 4.69) is 29.3 Å². The number of ether oxygens (including phenoxy) is 1. The van der Waals surface area contributed by atoms with Gasteiger partial charge in [0.2, 0.25) is 11.7 Å². The highest BCUT2D eigenvalue weighted by Gasteiger charge is 2.36. The van der Waals surface area contributed by atoms with Gasteiger partial charge >= 0.3 is 0 Å². The average molecular weight is 269 g/mol. The molecule has 1 aliphatic rings. The summed E-state index contributed by atoms with van der Waals surface area (Å²) >= 11 is 0. The van der Waals surface area contributed by atoms with Crippen LogP contribution < -0.4 is 5.32 Å². The summed E-state index contributed by atoms with van der Waals surface area (Å²) in [6, 6.07) is -0.0516. The third kappa shape index (κ3) is 2.80. The Hall–Kier alpha value is -0.980. The smallest absolute Gasteiger partial charge is 0.243 e. The van der Waals surface area contributed by atoms with Gasteiger partial charge in [-0.1, -0.05) is 19.0 Å². The van der Waals surface area contributed by atoms with Crippen molar-refractivity contribution < 1.29 is 14.4 Å². The molecule has 1 aromatic rings. The van der Waals surface area contributed by atoms with Gasteiger partial charge in [0.25, 0.3) is 0 Å². The second-order valence-electron chi connectivity index (χ2n) is 4.94. The van der Waals surface area contributed by atoms with E-state index in [0.717, 1.165) is 12.8 Å². The van der Waals surface area contributed by atoms with Crippen molar-refractivity contribution in [2.24, 2.45) is 0 Å². The molecule has 2 rings (SSSR count). The van der Waals surface area contributed by atoms with Crippen LogP contribution in [0.15, 0.2) is 4.52 Å². The molecule has 1 saturated heterocycles. The fraction of sp³-hybridized carbons (Fsp3) is 0.846. The number of hydrogen-bond acceptors (Lipinski definition) is 6. The Morgan fingerprint density at radius 2 is 2.16 bits per heavy atom. The van der Waals surface area contributed by atoms with Gasteiger partial charge in [0, 0.05) is 13.2 Å². The number of aromatic nitrogens is 2. The minimum Gasteiger partial charge on any atom is -0.392 e. The maximum atomic E-state index is 9.53. The molecular formula is C13H23N3O3. The molecule has 1 fully saturated rings. The highest BCUT2D eigenvalue weighted by Crippen LogP contribution is 2.32. The fourth-order valence-electron chi connectivity index (χ4n) is 2.58. The molecule has 0 aromatic carbocycles. The van der Waals surface area contributed by atoms with Gasteiger partial charge in [-0.05, 0) is 26.2 Å². The average Bonchev–Trinajstić information content (AvgIpc) is 3.05. The number of aliphatic hydroxyl groups excluding tert-OH is 1. The van der Waals surface area contributed by atoms with Crippen LogP contribution in [-0.2, 0) is 10.3 Å². The predicted octanol–water partition coefficient (Wildman–Crippen LogP) is 1.52. The molecule has 1 aliphatic heterocycles. The molecule has 6 heteroatoms. The fourth-order valence-corrected chi connectivity index (χ4v) is 2.58. The van der Waals surface area contributed by atoms with Crippen molar-refractivity contribution >= 4 is 0 Å². The zero-order chi connectivity index (χ0) is 13.9. The van der Waals surface area contributed by atoms with Crippen molar-refractivity contribution in [2.45, 2.75) is 57.8 Å². The molecule has 0 amide bonds. The second-order valence-corrected chi connectivity index (χ2v) is 4.94. The monoisotopic (exact) mass is 269 g/mol. The molecule has 2 heterocycles. The number of hydrogen-bond donors (Lipinski definition) is 2. The Morgan fingerprint density at radius 1 is 1.42 bits per heavy atom. The lowest BCUT2D eigenvalue weighted by Crippen LogP contribution is -2.30. The number of aliphatic hydroxyl groups is 1. The van der Waals surface area contributed by atoms with E-state index in [1.165, 1.54) is 0 Å². The first-order chi connectivity index (χ1) is 9.15. The molecule has 0 unspecified atom stereocenters. The Morgan fingerprint density at radius 3 is 2.68 bits per heavy atom. The molecule has 6 nitrogen and oxygen atoms in total. The second kappa shape index (κ2) is 5.98. The van der Waals surface area contributed by atoms with Crippen LogP contribution in [0, 0.1) is 0 Å². The van der Waals surface area contributed by atoms with Crippen LogP contribution in [0.1, 0.15) is 57.8 Å². The summed E-state index contributed by atoms with van der Waals surface area (Å²) in [5.41, 5.74) is -0.465. The third-order valence-electron chi connectivity index (χ3n) is 3.82. The van der Waals surface area contributed by atoms with Crippen LogP contribution in [0.3, 0.4) is 0 Å². The molecular weight excluding hydrogens is 246 g/mol. The van der Waals surface area contributed by atoms with Crippen molar-refractivity contribution in [2.75, 3.05) is 13.2 Å².